The fourth-order valence-corrected chi connectivity index (χ4v) is 2.14. The molecular formula is C17H17NO5. The van der Waals surface area contributed by atoms with E-state index >= 15 is 0 Å². The molecule has 0 spiro atoms. The third-order valence-electron chi connectivity index (χ3n) is 3.36. The molecule has 6 heteroatoms. The highest BCUT2D eigenvalue weighted by molar-refractivity contribution is 6.00. The van der Waals surface area contributed by atoms with Gasteiger partial charge in [0, 0.05) is 6.42 Å². The molecule has 2 aromatic rings. The van der Waals surface area contributed by atoms with Crippen molar-refractivity contribution in [2.24, 2.45) is 0 Å². The monoisotopic (exact) mass is 315 g/mol. The number of aryl methyl sites for hydroxylation is 2. The summed E-state index contributed by atoms with van der Waals surface area (Å²) in [5.74, 6) is -1.89. The molecular weight excluding hydrogens is 298 g/mol. The smallest absolute Gasteiger partial charge is 0.337 e. The second-order valence-corrected chi connectivity index (χ2v) is 5.23. The van der Waals surface area contributed by atoms with Crippen molar-refractivity contribution in [1.29, 1.82) is 0 Å². The quantitative estimate of drug-likeness (QED) is 0.635. The Morgan fingerprint density at radius 1 is 1.04 bits per heavy atom. The van der Waals surface area contributed by atoms with E-state index < -0.39 is 5.97 Å². The van der Waals surface area contributed by atoms with Gasteiger partial charge in [0.25, 0.3) is 0 Å². The van der Waals surface area contributed by atoms with Crippen LogP contribution in [0.4, 0.5) is 5.69 Å². The number of nitrogens with one attached hydrogen (secondary N) is 1. The number of hydrogen-bond acceptors (Lipinski definition) is 4. The van der Waals surface area contributed by atoms with Gasteiger partial charge in [0.2, 0.25) is 5.91 Å². The maximum absolute atomic E-state index is 12.0. The molecule has 0 radical (unpaired) electrons. The Hall–Kier alpha value is -3.02. The normalized spacial score (nSPS) is 10.3. The first-order valence-corrected chi connectivity index (χ1v) is 7.01. The topological polar surface area (TPSA) is 107 Å². The number of carboxylic acid groups (broad SMARTS) is 1. The molecule has 6 nitrogen and oxygen atoms in total. The lowest BCUT2D eigenvalue weighted by molar-refractivity contribution is -0.116. The molecule has 2 rings (SSSR count). The van der Waals surface area contributed by atoms with Crippen molar-refractivity contribution in [3.63, 3.8) is 0 Å². The third-order valence-corrected chi connectivity index (χ3v) is 3.36. The van der Waals surface area contributed by atoms with Gasteiger partial charge in [-0.05, 0) is 43.2 Å². The average Bonchev–Trinajstić information content (AvgIpc) is 2.50. The molecule has 4 N–H and O–H groups in total. The third kappa shape index (κ3) is 4.23. The van der Waals surface area contributed by atoms with Crippen LogP contribution in [0.5, 0.6) is 11.5 Å². The second kappa shape index (κ2) is 6.83. The molecule has 0 bridgehead atoms. The number of hydrogen-bond donors (Lipinski definition) is 4. The molecule has 0 aromatic heterocycles. The molecule has 23 heavy (non-hydrogen) atoms. The lowest BCUT2D eigenvalue weighted by atomic mass is 10.1. The zero-order chi connectivity index (χ0) is 17.0. The van der Waals surface area contributed by atoms with Crippen molar-refractivity contribution in [3.05, 3.63) is 53.1 Å². The number of aromatic carboxylic acids is 1. The van der Waals surface area contributed by atoms with E-state index in [4.69, 9.17) is 5.11 Å². The van der Waals surface area contributed by atoms with Crippen LogP contribution in [0.1, 0.15) is 27.9 Å². The Labute approximate surface area is 133 Å². The summed E-state index contributed by atoms with van der Waals surface area (Å²) in [4.78, 5) is 23.2. The minimum Gasteiger partial charge on any atom is -0.504 e. The largest absolute Gasteiger partial charge is 0.504 e. The van der Waals surface area contributed by atoms with Crippen LogP contribution >= 0.6 is 0 Å². The van der Waals surface area contributed by atoms with Gasteiger partial charge in [-0.25, -0.2) is 4.79 Å². The molecule has 0 aliphatic heterocycles. The number of aromatic hydroxyl groups is 2. The van der Waals surface area contributed by atoms with Crippen LogP contribution in [-0.2, 0) is 11.2 Å². The number of carboxylic acids is 1. The molecule has 0 atom stereocenters. The fourth-order valence-electron chi connectivity index (χ4n) is 2.14. The summed E-state index contributed by atoms with van der Waals surface area (Å²) < 4.78 is 0. The summed E-state index contributed by atoms with van der Waals surface area (Å²) in [6.07, 6.45) is 0.477. The predicted octanol–water partition coefficient (Wildman–Crippen LogP) is 2.68. The van der Waals surface area contributed by atoms with Gasteiger partial charge in [0.15, 0.2) is 11.5 Å². The SMILES string of the molecule is Cc1ccc(NC(=O)CCc2ccc(O)c(O)c2)c(C(=O)O)c1. The summed E-state index contributed by atoms with van der Waals surface area (Å²) in [6, 6.07) is 9.12. The van der Waals surface area contributed by atoms with Gasteiger partial charge in [-0.3, -0.25) is 4.79 Å². The first-order valence-electron chi connectivity index (χ1n) is 7.01. The number of amides is 1. The van der Waals surface area contributed by atoms with Crippen LogP contribution < -0.4 is 5.32 Å². The number of anilines is 1. The van der Waals surface area contributed by atoms with Crippen molar-refractivity contribution in [3.8, 4) is 11.5 Å². The van der Waals surface area contributed by atoms with Crippen LogP contribution in [0.3, 0.4) is 0 Å². The number of carbonyl (C=O) groups is 2. The van der Waals surface area contributed by atoms with E-state index in [1.54, 1.807) is 25.1 Å². The van der Waals surface area contributed by atoms with E-state index in [0.717, 1.165) is 5.56 Å². The minimum atomic E-state index is -1.10. The standard InChI is InChI=1S/C17H17NO5/c1-10-2-5-13(12(8-10)17(22)23)18-16(21)7-4-11-3-6-14(19)15(20)9-11/h2-3,5-6,8-9,19-20H,4,7H2,1H3,(H,18,21)(H,22,23). The van der Waals surface area contributed by atoms with Crippen molar-refractivity contribution >= 4 is 17.6 Å². The number of phenols is 2. The molecule has 0 unspecified atom stereocenters. The summed E-state index contributed by atoms with van der Waals surface area (Å²) in [7, 11) is 0. The maximum Gasteiger partial charge on any atom is 0.337 e. The van der Waals surface area contributed by atoms with Gasteiger partial charge in [-0.15, -0.1) is 0 Å². The first kappa shape index (κ1) is 16.4. The molecule has 120 valence electrons. The van der Waals surface area contributed by atoms with Crippen LogP contribution in [0, 0.1) is 6.92 Å². The van der Waals surface area contributed by atoms with E-state index in [0.29, 0.717) is 12.0 Å². The summed E-state index contributed by atoms with van der Waals surface area (Å²) in [5.41, 5.74) is 1.78. The number of rotatable bonds is 5. The van der Waals surface area contributed by atoms with Crippen LogP contribution in [-0.4, -0.2) is 27.2 Å². The Morgan fingerprint density at radius 3 is 2.43 bits per heavy atom. The summed E-state index contributed by atoms with van der Waals surface area (Å²) in [5, 5.41) is 30.4. The Bertz CT molecular complexity index is 755. The Morgan fingerprint density at radius 2 is 1.78 bits per heavy atom. The lowest BCUT2D eigenvalue weighted by Crippen LogP contribution is -2.15. The second-order valence-electron chi connectivity index (χ2n) is 5.23. The average molecular weight is 315 g/mol. The summed E-state index contributed by atoms with van der Waals surface area (Å²) in [6.45, 7) is 1.77. The fraction of sp³-hybridized carbons (Fsp3) is 0.176. The summed E-state index contributed by atoms with van der Waals surface area (Å²) >= 11 is 0. The van der Waals surface area contributed by atoms with Gasteiger partial charge < -0.3 is 20.6 Å². The molecule has 0 aliphatic carbocycles. The number of carbonyl (C=O) groups excluding carboxylic acids is 1. The molecule has 1 amide bonds. The van der Waals surface area contributed by atoms with Crippen molar-refractivity contribution in [2.75, 3.05) is 5.32 Å². The van der Waals surface area contributed by atoms with Crippen molar-refractivity contribution in [1.82, 2.24) is 0 Å². The zero-order valence-corrected chi connectivity index (χ0v) is 12.5. The van der Waals surface area contributed by atoms with Crippen LogP contribution in [0.25, 0.3) is 0 Å². The van der Waals surface area contributed by atoms with Crippen LogP contribution in [0.15, 0.2) is 36.4 Å². The van der Waals surface area contributed by atoms with Crippen molar-refractivity contribution < 1.29 is 24.9 Å². The molecule has 0 saturated carbocycles. The number of benzene rings is 2. The Kier molecular flexibility index (Phi) is 4.85. The lowest BCUT2D eigenvalue weighted by Gasteiger charge is -2.09. The molecule has 0 aliphatic rings. The van der Waals surface area contributed by atoms with E-state index in [1.165, 1.54) is 18.2 Å². The molecule has 0 saturated heterocycles. The highest BCUT2D eigenvalue weighted by Crippen LogP contribution is 2.25. The van der Waals surface area contributed by atoms with Gasteiger partial charge in [0.1, 0.15) is 0 Å². The van der Waals surface area contributed by atoms with E-state index in [2.05, 4.69) is 5.32 Å². The highest BCUT2D eigenvalue weighted by Gasteiger charge is 2.13. The van der Waals surface area contributed by atoms with Crippen molar-refractivity contribution in [2.45, 2.75) is 19.8 Å². The maximum atomic E-state index is 12.0. The van der Waals surface area contributed by atoms with E-state index in [-0.39, 0.29) is 35.1 Å². The van der Waals surface area contributed by atoms with Gasteiger partial charge in [0.05, 0.1) is 11.3 Å². The molecule has 0 fully saturated rings. The van der Waals surface area contributed by atoms with Gasteiger partial charge in [-0.1, -0.05) is 17.7 Å². The highest BCUT2D eigenvalue weighted by atomic mass is 16.4. The molecule has 2 aromatic carbocycles. The van der Waals surface area contributed by atoms with Gasteiger partial charge >= 0.3 is 5.97 Å². The first-order chi connectivity index (χ1) is 10.9. The van der Waals surface area contributed by atoms with E-state index in [9.17, 15) is 19.8 Å². The predicted molar refractivity (Wildman–Crippen MR) is 84.9 cm³/mol. The Balaban J connectivity index is 2.02. The molecule has 0 heterocycles. The van der Waals surface area contributed by atoms with E-state index in [1.807, 2.05) is 0 Å². The van der Waals surface area contributed by atoms with Gasteiger partial charge in [-0.2, -0.15) is 0 Å². The zero-order valence-electron chi connectivity index (χ0n) is 12.5. The number of phenolic OH excluding ortho intramolecular Hbond substituents is 2. The minimum absolute atomic E-state index is 0.0422. The van der Waals surface area contributed by atoms with Crippen LogP contribution in [0.2, 0.25) is 0 Å².